The minimum Gasteiger partial charge on any atom is -0.481 e. The average Bonchev–Trinajstić information content (AvgIpc) is 2.69. The van der Waals surface area contributed by atoms with E-state index in [-0.39, 0.29) is 5.75 Å². The SMILES string of the molecule is Cn1nc(-c2ccnnc2)nc1SCC(=O)O. The third-order valence-corrected chi connectivity index (χ3v) is 2.90. The van der Waals surface area contributed by atoms with Gasteiger partial charge in [0.1, 0.15) is 0 Å². The number of aromatic nitrogens is 5. The van der Waals surface area contributed by atoms with Crippen LogP contribution in [0.2, 0.25) is 0 Å². The van der Waals surface area contributed by atoms with Crippen LogP contribution in [-0.4, -0.2) is 41.8 Å². The lowest BCUT2D eigenvalue weighted by molar-refractivity contribution is -0.133. The first-order valence-corrected chi connectivity index (χ1v) is 5.68. The van der Waals surface area contributed by atoms with E-state index in [2.05, 4.69) is 20.3 Å². The van der Waals surface area contributed by atoms with Gasteiger partial charge in [-0.2, -0.15) is 15.3 Å². The Hall–Kier alpha value is -1.96. The number of carboxylic acids is 1. The van der Waals surface area contributed by atoms with Gasteiger partial charge in [-0.15, -0.1) is 0 Å². The molecule has 0 aromatic carbocycles. The molecule has 0 amide bonds. The third kappa shape index (κ3) is 2.78. The summed E-state index contributed by atoms with van der Waals surface area (Å²) in [5, 5.41) is 20.7. The van der Waals surface area contributed by atoms with Crippen LogP contribution < -0.4 is 0 Å². The fourth-order valence-corrected chi connectivity index (χ4v) is 1.80. The fraction of sp³-hybridized carbons (Fsp3) is 0.222. The lowest BCUT2D eigenvalue weighted by atomic mass is 10.3. The maximum atomic E-state index is 10.5. The highest BCUT2D eigenvalue weighted by molar-refractivity contribution is 7.99. The molecule has 0 bridgehead atoms. The number of aryl methyl sites for hydroxylation is 1. The van der Waals surface area contributed by atoms with Crippen molar-refractivity contribution in [3.8, 4) is 11.4 Å². The Morgan fingerprint density at radius 1 is 1.53 bits per heavy atom. The summed E-state index contributed by atoms with van der Waals surface area (Å²) in [5.41, 5.74) is 0.748. The highest BCUT2D eigenvalue weighted by Crippen LogP contribution is 2.19. The van der Waals surface area contributed by atoms with Gasteiger partial charge >= 0.3 is 5.97 Å². The molecular weight excluding hydrogens is 242 g/mol. The van der Waals surface area contributed by atoms with Gasteiger partial charge in [0.2, 0.25) is 0 Å². The van der Waals surface area contributed by atoms with Gasteiger partial charge < -0.3 is 5.11 Å². The smallest absolute Gasteiger partial charge is 0.313 e. The van der Waals surface area contributed by atoms with Crippen LogP contribution in [0.15, 0.2) is 23.6 Å². The van der Waals surface area contributed by atoms with E-state index in [0.29, 0.717) is 11.0 Å². The predicted octanol–water partition coefficient (Wildman–Crippen LogP) is 0.449. The average molecular weight is 251 g/mol. The Kier molecular flexibility index (Phi) is 3.33. The molecule has 0 fully saturated rings. The number of hydrogen-bond donors (Lipinski definition) is 1. The summed E-state index contributed by atoms with van der Waals surface area (Å²) >= 11 is 1.12. The van der Waals surface area contributed by atoms with Gasteiger partial charge in [-0.3, -0.25) is 4.79 Å². The molecule has 2 heterocycles. The summed E-state index contributed by atoms with van der Waals surface area (Å²) in [7, 11) is 1.72. The molecule has 0 radical (unpaired) electrons. The topological polar surface area (TPSA) is 93.8 Å². The van der Waals surface area contributed by atoms with Gasteiger partial charge in [0.25, 0.3) is 0 Å². The lowest BCUT2D eigenvalue weighted by Crippen LogP contribution is -2.00. The first-order valence-electron chi connectivity index (χ1n) is 4.69. The molecule has 0 aliphatic carbocycles. The monoisotopic (exact) mass is 251 g/mol. The van der Waals surface area contributed by atoms with Crippen LogP contribution in [0.1, 0.15) is 0 Å². The van der Waals surface area contributed by atoms with Gasteiger partial charge in [0.05, 0.1) is 18.1 Å². The van der Waals surface area contributed by atoms with Crippen LogP contribution in [-0.2, 0) is 11.8 Å². The van der Waals surface area contributed by atoms with Gasteiger partial charge in [0.15, 0.2) is 11.0 Å². The van der Waals surface area contributed by atoms with E-state index in [1.165, 1.54) is 0 Å². The van der Waals surface area contributed by atoms with Crippen molar-refractivity contribution in [3.63, 3.8) is 0 Å². The second-order valence-electron chi connectivity index (χ2n) is 3.16. The molecule has 0 spiro atoms. The van der Waals surface area contributed by atoms with E-state index in [4.69, 9.17) is 5.11 Å². The first kappa shape index (κ1) is 11.5. The standard InChI is InChI=1S/C9H9N5O2S/c1-14-9(17-5-7(15)16)12-8(13-14)6-2-3-10-11-4-6/h2-4H,5H2,1H3,(H,15,16). The Labute approximate surface area is 101 Å². The van der Waals surface area contributed by atoms with E-state index in [9.17, 15) is 4.79 Å². The van der Waals surface area contributed by atoms with Crippen LogP contribution in [0.4, 0.5) is 0 Å². The Morgan fingerprint density at radius 2 is 2.35 bits per heavy atom. The summed E-state index contributed by atoms with van der Waals surface area (Å²) in [6, 6.07) is 1.74. The third-order valence-electron chi connectivity index (χ3n) is 1.89. The zero-order valence-electron chi connectivity index (χ0n) is 8.94. The molecule has 0 saturated carbocycles. The molecule has 8 heteroatoms. The van der Waals surface area contributed by atoms with Crippen molar-refractivity contribution in [1.29, 1.82) is 0 Å². The van der Waals surface area contributed by atoms with E-state index in [1.54, 1.807) is 30.2 Å². The predicted molar refractivity (Wildman–Crippen MR) is 60.4 cm³/mol. The van der Waals surface area contributed by atoms with Crippen LogP contribution in [0.25, 0.3) is 11.4 Å². The highest BCUT2D eigenvalue weighted by atomic mass is 32.2. The van der Waals surface area contributed by atoms with Gasteiger partial charge in [-0.1, -0.05) is 11.8 Å². The maximum Gasteiger partial charge on any atom is 0.313 e. The first-order chi connectivity index (χ1) is 8.16. The maximum absolute atomic E-state index is 10.5. The van der Waals surface area contributed by atoms with E-state index >= 15 is 0 Å². The Balaban J connectivity index is 2.22. The summed E-state index contributed by atoms with van der Waals surface area (Å²) in [4.78, 5) is 14.7. The van der Waals surface area contributed by atoms with Crippen LogP contribution in [0.3, 0.4) is 0 Å². The number of nitrogens with zero attached hydrogens (tertiary/aromatic N) is 5. The second kappa shape index (κ2) is 4.91. The van der Waals surface area contributed by atoms with Gasteiger partial charge in [0, 0.05) is 12.6 Å². The van der Waals surface area contributed by atoms with Crippen molar-refractivity contribution in [3.05, 3.63) is 18.5 Å². The molecule has 17 heavy (non-hydrogen) atoms. The van der Waals surface area contributed by atoms with Crippen LogP contribution in [0.5, 0.6) is 0 Å². The van der Waals surface area contributed by atoms with E-state index < -0.39 is 5.97 Å². The minimum absolute atomic E-state index is 0.0411. The molecule has 7 nitrogen and oxygen atoms in total. The summed E-state index contributed by atoms with van der Waals surface area (Å²) in [6.45, 7) is 0. The second-order valence-corrected chi connectivity index (χ2v) is 4.10. The summed E-state index contributed by atoms with van der Waals surface area (Å²) in [6.07, 6.45) is 3.11. The summed E-state index contributed by atoms with van der Waals surface area (Å²) in [5.74, 6) is -0.416. The van der Waals surface area contributed by atoms with Crippen molar-refractivity contribution in [2.75, 3.05) is 5.75 Å². The zero-order chi connectivity index (χ0) is 12.3. The molecule has 0 atom stereocenters. The lowest BCUT2D eigenvalue weighted by Gasteiger charge is -1.94. The number of aliphatic carboxylic acids is 1. The normalized spacial score (nSPS) is 10.4. The van der Waals surface area contributed by atoms with Crippen molar-refractivity contribution in [2.24, 2.45) is 7.05 Å². The largest absolute Gasteiger partial charge is 0.481 e. The molecule has 1 N–H and O–H groups in total. The van der Waals surface area contributed by atoms with Crippen molar-refractivity contribution >= 4 is 17.7 Å². The van der Waals surface area contributed by atoms with Crippen molar-refractivity contribution in [1.82, 2.24) is 25.0 Å². The number of rotatable bonds is 4. The minimum atomic E-state index is -0.884. The summed E-state index contributed by atoms with van der Waals surface area (Å²) < 4.78 is 1.55. The quantitative estimate of drug-likeness (QED) is 0.788. The molecule has 0 aliphatic rings. The molecular formula is C9H9N5O2S. The molecule has 0 aliphatic heterocycles. The number of carbonyl (C=O) groups is 1. The molecule has 0 unspecified atom stereocenters. The highest BCUT2D eigenvalue weighted by Gasteiger charge is 2.11. The number of hydrogen-bond acceptors (Lipinski definition) is 6. The fourth-order valence-electron chi connectivity index (χ4n) is 1.17. The number of thioether (sulfide) groups is 1. The molecule has 2 aromatic rings. The van der Waals surface area contributed by atoms with Crippen molar-refractivity contribution in [2.45, 2.75) is 5.16 Å². The van der Waals surface area contributed by atoms with E-state index in [0.717, 1.165) is 17.3 Å². The Morgan fingerprint density at radius 3 is 3.00 bits per heavy atom. The molecule has 88 valence electrons. The molecule has 2 rings (SSSR count). The molecule has 2 aromatic heterocycles. The van der Waals surface area contributed by atoms with Gasteiger partial charge in [-0.25, -0.2) is 9.67 Å². The Bertz CT molecular complexity index is 527. The number of carboxylic acid groups (broad SMARTS) is 1. The van der Waals surface area contributed by atoms with Gasteiger partial charge in [-0.05, 0) is 6.07 Å². The van der Waals surface area contributed by atoms with Crippen LogP contribution in [0, 0.1) is 0 Å². The molecule has 0 saturated heterocycles. The van der Waals surface area contributed by atoms with Crippen LogP contribution >= 0.6 is 11.8 Å². The van der Waals surface area contributed by atoms with Crippen molar-refractivity contribution < 1.29 is 9.90 Å². The zero-order valence-corrected chi connectivity index (χ0v) is 9.76. The van der Waals surface area contributed by atoms with E-state index in [1.807, 2.05) is 0 Å².